The lowest BCUT2D eigenvalue weighted by Gasteiger charge is -2.41. The number of fused-ring (bicyclic) bond motifs is 1. The van der Waals surface area contributed by atoms with Crippen molar-refractivity contribution in [3.05, 3.63) is 29.8 Å². The van der Waals surface area contributed by atoms with Crippen LogP contribution < -0.4 is 15.4 Å². The lowest BCUT2D eigenvalue weighted by molar-refractivity contribution is -0.135. The standard InChI is InChI=1S/C26H41N3O3/c1-20(2)11-16-29-17-13-26(14-18-29)12-7-4-8-15-27-24(30)22-9-5-6-10-23(22)32-19-21(3)28-25(26)31/h5-6,9-10,20-21H,4,7-8,11-19H2,1-3H3,(H,27,30)(H,28,31)/t21-/m0/s1. The number of hydrogen-bond donors (Lipinski definition) is 2. The van der Waals surface area contributed by atoms with Gasteiger partial charge in [-0.3, -0.25) is 9.59 Å². The molecule has 0 unspecified atom stereocenters. The quantitative estimate of drug-likeness (QED) is 0.741. The van der Waals surface area contributed by atoms with Crippen molar-refractivity contribution in [2.45, 2.75) is 71.8 Å². The fourth-order valence-corrected chi connectivity index (χ4v) is 4.71. The molecule has 1 atom stereocenters. The maximum Gasteiger partial charge on any atom is 0.255 e. The van der Waals surface area contributed by atoms with E-state index in [1.165, 1.54) is 6.42 Å². The first-order chi connectivity index (χ1) is 15.4. The molecule has 3 rings (SSSR count). The van der Waals surface area contributed by atoms with Gasteiger partial charge in [0, 0.05) is 6.54 Å². The molecule has 2 aliphatic rings. The molecule has 6 heteroatoms. The minimum atomic E-state index is -0.288. The largest absolute Gasteiger partial charge is 0.491 e. The average molecular weight is 444 g/mol. The third-order valence-corrected chi connectivity index (χ3v) is 6.93. The lowest BCUT2D eigenvalue weighted by atomic mass is 9.73. The van der Waals surface area contributed by atoms with Crippen molar-refractivity contribution >= 4 is 11.8 Å². The molecule has 2 aliphatic heterocycles. The minimum Gasteiger partial charge on any atom is -0.491 e. The first-order valence-corrected chi connectivity index (χ1v) is 12.4. The number of carbonyl (C=O) groups is 2. The summed E-state index contributed by atoms with van der Waals surface area (Å²) in [5, 5.41) is 6.25. The van der Waals surface area contributed by atoms with Crippen molar-refractivity contribution in [2.24, 2.45) is 11.3 Å². The molecule has 2 N–H and O–H groups in total. The zero-order chi connectivity index (χ0) is 23.0. The summed E-state index contributed by atoms with van der Waals surface area (Å²) in [4.78, 5) is 28.6. The van der Waals surface area contributed by atoms with Gasteiger partial charge >= 0.3 is 0 Å². The molecule has 1 aromatic carbocycles. The zero-order valence-corrected chi connectivity index (χ0v) is 20.1. The number of benzene rings is 1. The summed E-state index contributed by atoms with van der Waals surface area (Å²) in [5.74, 6) is 1.35. The molecule has 1 aromatic rings. The summed E-state index contributed by atoms with van der Waals surface area (Å²) < 4.78 is 5.96. The molecule has 1 saturated heterocycles. The molecule has 0 radical (unpaired) electrons. The molecule has 0 aliphatic carbocycles. The second kappa shape index (κ2) is 11.7. The van der Waals surface area contributed by atoms with E-state index in [1.807, 2.05) is 25.1 Å². The van der Waals surface area contributed by atoms with Gasteiger partial charge in [-0.2, -0.15) is 0 Å². The van der Waals surface area contributed by atoms with Crippen LogP contribution in [0, 0.1) is 11.3 Å². The van der Waals surface area contributed by atoms with Gasteiger partial charge in [-0.05, 0) is 76.7 Å². The number of nitrogens with zero attached hydrogens (tertiary/aromatic N) is 1. The molecule has 0 aromatic heterocycles. The summed E-state index contributed by atoms with van der Waals surface area (Å²) in [6, 6.07) is 7.19. The Morgan fingerprint density at radius 1 is 1.09 bits per heavy atom. The van der Waals surface area contributed by atoms with Gasteiger partial charge in [0.2, 0.25) is 5.91 Å². The molecule has 2 heterocycles. The Balaban J connectivity index is 1.68. The van der Waals surface area contributed by atoms with Gasteiger partial charge in [-0.15, -0.1) is 0 Å². The van der Waals surface area contributed by atoms with Gasteiger partial charge in [0.15, 0.2) is 0 Å². The van der Waals surface area contributed by atoms with E-state index in [4.69, 9.17) is 4.74 Å². The van der Waals surface area contributed by atoms with E-state index in [0.29, 0.717) is 30.4 Å². The number of likely N-dealkylation sites (tertiary alicyclic amines) is 1. The molecule has 2 amide bonds. The van der Waals surface area contributed by atoms with E-state index in [2.05, 4.69) is 29.4 Å². The minimum absolute atomic E-state index is 0.0996. The van der Waals surface area contributed by atoms with E-state index in [-0.39, 0.29) is 23.3 Å². The van der Waals surface area contributed by atoms with Gasteiger partial charge in [-0.25, -0.2) is 0 Å². The lowest BCUT2D eigenvalue weighted by Crippen LogP contribution is -2.51. The van der Waals surface area contributed by atoms with Crippen molar-refractivity contribution < 1.29 is 14.3 Å². The van der Waals surface area contributed by atoms with Crippen LogP contribution in [0.15, 0.2) is 24.3 Å². The highest BCUT2D eigenvalue weighted by Gasteiger charge is 2.41. The third kappa shape index (κ3) is 6.71. The zero-order valence-electron chi connectivity index (χ0n) is 20.1. The Bertz CT molecular complexity index is 756. The third-order valence-electron chi connectivity index (χ3n) is 6.93. The van der Waals surface area contributed by atoms with Crippen LogP contribution in [0.4, 0.5) is 0 Å². The normalized spacial score (nSPS) is 23.4. The topological polar surface area (TPSA) is 70.7 Å². The molecule has 0 bridgehead atoms. The molecule has 1 spiro atoms. The number of piperidine rings is 1. The summed E-state index contributed by atoms with van der Waals surface area (Å²) >= 11 is 0. The van der Waals surface area contributed by atoms with Gasteiger partial charge in [0.1, 0.15) is 12.4 Å². The van der Waals surface area contributed by atoms with Crippen molar-refractivity contribution in [2.75, 3.05) is 32.8 Å². The second-order valence-electron chi connectivity index (χ2n) is 10.1. The Labute approximate surface area is 193 Å². The van der Waals surface area contributed by atoms with E-state index < -0.39 is 0 Å². The van der Waals surface area contributed by atoms with Crippen molar-refractivity contribution in [1.82, 2.24) is 15.5 Å². The maximum absolute atomic E-state index is 13.5. The highest BCUT2D eigenvalue weighted by atomic mass is 16.5. The second-order valence-corrected chi connectivity index (χ2v) is 10.1. The van der Waals surface area contributed by atoms with Crippen LogP contribution in [0.2, 0.25) is 0 Å². The molecule has 1 fully saturated rings. The Morgan fingerprint density at radius 3 is 2.59 bits per heavy atom. The van der Waals surface area contributed by atoms with Crippen LogP contribution in [-0.4, -0.2) is 55.5 Å². The van der Waals surface area contributed by atoms with Crippen LogP contribution in [0.5, 0.6) is 5.75 Å². The number of hydrogen-bond acceptors (Lipinski definition) is 4. The van der Waals surface area contributed by atoms with Crippen LogP contribution in [-0.2, 0) is 4.79 Å². The summed E-state index contributed by atoms with van der Waals surface area (Å²) in [6.45, 7) is 10.6. The van der Waals surface area contributed by atoms with E-state index >= 15 is 0 Å². The number of carbonyl (C=O) groups excluding carboxylic acids is 2. The molecular weight excluding hydrogens is 402 g/mol. The first-order valence-electron chi connectivity index (χ1n) is 12.4. The highest BCUT2D eigenvalue weighted by Crippen LogP contribution is 2.37. The van der Waals surface area contributed by atoms with Gasteiger partial charge in [0.05, 0.1) is 17.0 Å². The van der Waals surface area contributed by atoms with E-state index in [9.17, 15) is 9.59 Å². The van der Waals surface area contributed by atoms with Gasteiger partial charge in [0.25, 0.3) is 5.91 Å². The first kappa shape index (κ1) is 24.6. The predicted molar refractivity (Wildman–Crippen MR) is 128 cm³/mol. The highest BCUT2D eigenvalue weighted by molar-refractivity contribution is 5.96. The SMILES string of the molecule is CC(C)CCN1CCC2(CCCCCNC(=O)c3ccccc3OC[C@H](C)NC2=O)CC1. The van der Waals surface area contributed by atoms with E-state index in [1.54, 1.807) is 6.07 Å². The summed E-state index contributed by atoms with van der Waals surface area (Å²) in [6.07, 6.45) is 6.91. The smallest absolute Gasteiger partial charge is 0.255 e. The number of nitrogens with one attached hydrogen (secondary N) is 2. The van der Waals surface area contributed by atoms with E-state index in [0.717, 1.165) is 58.2 Å². The Hall–Kier alpha value is -2.08. The number of ether oxygens (including phenoxy) is 1. The fourth-order valence-electron chi connectivity index (χ4n) is 4.71. The summed E-state index contributed by atoms with van der Waals surface area (Å²) in [7, 11) is 0. The van der Waals surface area contributed by atoms with Crippen molar-refractivity contribution in [1.29, 1.82) is 0 Å². The summed E-state index contributed by atoms with van der Waals surface area (Å²) in [5.41, 5.74) is 0.260. The molecule has 32 heavy (non-hydrogen) atoms. The number of amides is 2. The average Bonchev–Trinajstić information content (AvgIpc) is 2.79. The Kier molecular flexibility index (Phi) is 8.97. The molecule has 178 valence electrons. The van der Waals surface area contributed by atoms with Crippen LogP contribution in [0.25, 0.3) is 0 Å². The van der Waals surface area contributed by atoms with Crippen LogP contribution >= 0.6 is 0 Å². The van der Waals surface area contributed by atoms with Crippen LogP contribution in [0.3, 0.4) is 0 Å². The fraction of sp³-hybridized carbons (Fsp3) is 0.692. The van der Waals surface area contributed by atoms with Gasteiger partial charge in [-0.1, -0.05) is 38.8 Å². The predicted octanol–water partition coefficient (Wildman–Crippen LogP) is 4.00. The molecular formula is C26H41N3O3. The van der Waals surface area contributed by atoms with Crippen molar-refractivity contribution in [3.63, 3.8) is 0 Å². The maximum atomic E-state index is 13.5. The number of para-hydroxylation sites is 1. The van der Waals surface area contributed by atoms with Gasteiger partial charge < -0.3 is 20.3 Å². The Morgan fingerprint density at radius 2 is 1.84 bits per heavy atom. The van der Waals surface area contributed by atoms with Crippen LogP contribution in [0.1, 0.15) is 76.1 Å². The number of rotatable bonds is 3. The van der Waals surface area contributed by atoms with Crippen molar-refractivity contribution in [3.8, 4) is 5.75 Å². The molecule has 0 saturated carbocycles. The monoisotopic (exact) mass is 443 g/mol. The molecule has 6 nitrogen and oxygen atoms in total.